The maximum Gasteiger partial charge on any atom is 0.212 e. The van der Waals surface area contributed by atoms with Crippen LogP contribution in [0.5, 0.6) is 0 Å². The Balaban J connectivity index is 2.48. The molecule has 0 aliphatic rings. The van der Waals surface area contributed by atoms with Crippen molar-refractivity contribution >= 4 is 10.0 Å². The monoisotopic (exact) mass is 245 g/mol. The lowest BCUT2D eigenvalue weighted by atomic mass is 10.1. The van der Waals surface area contributed by atoms with Gasteiger partial charge in [-0.3, -0.25) is 0 Å². The van der Waals surface area contributed by atoms with Gasteiger partial charge >= 0.3 is 0 Å². The smallest absolute Gasteiger partial charge is 0.212 e. The normalized spacial score (nSPS) is 14.2. The Kier molecular flexibility index (Phi) is 4.56. The fourth-order valence-electron chi connectivity index (χ4n) is 1.60. The van der Waals surface area contributed by atoms with Crippen molar-refractivity contribution < 1.29 is 12.8 Å². The Morgan fingerprint density at radius 3 is 2.56 bits per heavy atom. The zero-order valence-corrected chi connectivity index (χ0v) is 10.8. The van der Waals surface area contributed by atoms with Crippen molar-refractivity contribution in [2.24, 2.45) is 5.92 Å². The summed E-state index contributed by atoms with van der Waals surface area (Å²) in [4.78, 5) is 0. The summed E-state index contributed by atoms with van der Waals surface area (Å²) in [5.74, 6) is 0.307. The molecule has 4 nitrogen and oxygen atoms in total. The molecule has 0 amide bonds. The Hall–Kier alpha value is -0.810. The number of nitrogens with one attached hydrogen (secondary N) is 1. The highest BCUT2D eigenvalue weighted by Gasteiger charge is 2.16. The average Bonchev–Trinajstić information content (AvgIpc) is 2.51. The molecule has 1 unspecified atom stereocenters. The molecular weight excluding hydrogens is 226 g/mol. The highest BCUT2D eigenvalue weighted by atomic mass is 32.2. The maximum atomic E-state index is 11.6. The molecule has 1 aromatic rings. The van der Waals surface area contributed by atoms with Gasteiger partial charge < -0.3 is 4.42 Å². The topological polar surface area (TPSA) is 59.3 Å². The van der Waals surface area contributed by atoms with Crippen molar-refractivity contribution in [2.45, 2.75) is 33.2 Å². The minimum absolute atomic E-state index is 0.110. The first kappa shape index (κ1) is 13.3. The first-order valence-electron chi connectivity index (χ1n) is 5.40. The summed E-state index contributed by atoms with van der Waals surface area (Å²) in [6.07, 6.45) is 3.87. The van der Waals surface area contributed by atoms with Gasteiger partial charge in [-0.2, -0.15) is 0 Å². The SMILES string of the molecule is CC(C)CS(=O)(=O)NC(C)Cc1ccoc1. The van der Waals surface area contributed by atoms with Gasteiger partial charge in [0.2, 0.25) is 10.0 Å². The summed E-state index contributed by atoms with van der Waals surface area (Å²) in [7, 11) is -3.16. The van der Waals surface area contributed by atoms with Crippen molar-refractivity contribution in [3.8, 4) is 0 Å². The molecule has 1 atom stereocenters. The highest BCUT2D eigenvalue weighted by molar-refractivity contribution is 7.89. The van der Waals surface area contributed by atoms with Crippen LogP contribution in [0.2, 0.25) is 0 Å². The van der Waals surface area contributed by atoms with Crippen molar-refractivity contribution in [1.82, 2.24) is 4.72 Å². The molecule has 1 heterocycles. The standard InChI is InChI=1S/C11H19NO3S/c1-9(2)8-16(13,14)12-10(3)6-11-4-5-15-7-11/h4-5,7,9-10,12H,6,8H2,1-3H3. The molecule has 1 aromatic heterocycles. The van der Waals surface area contributed by atoms with E-state index in [4.69, 9.17) is 4.42 Å². The minimum Gasteiger partial charge on any atom is -0.472 e. The van der Waals surface area contributed by atoms with Crippen LogP contribution in [0.15, 0.2) is 23.0 Å². The minimum atomic E-state index is -3.16. The quantitative estimate of drug-likeness (QED) is 0.831. The van der Waals surface area contributed by atoms with Crippen LogP contribution in [0.4, 0.5) is 0 Å². The van der Waals surface area contributed by atoms with Gasteiger partial charge in [0.25, 0.3) is 0 Å². The molecule has 0 bridgehead atoms. The molecule has 1 rings (SSSR count). The molecule has 0 fully saturated rings. The van der Waals surface area contributed by atoms with Gasteiger partial charge in [-0.25, -0.2) is 13.1 Å². The molecule has 0 radical (unpaired) electrons. The van der Waals surface area contributed by atoms with E-state index in [1.807, 2.05) is 26.8 Å². The first-order chi connectivity index (χ1) is 7.39. The number of sulfonamides is 1. The van der Waals surface area contributed by atoms with Crippen molar-refractivity contribution in [2.75, 3.05) is 5.75 Å². The van der Waals surface area contributed by atoms with Gasteiger partial charge in [-0.05, 0) is 30.9 Å². The highest BCUT2D eigenvalue weighted by Crippen LogP contribution is 2.06. The second kappa shape index (κ2) is 5.50. The lowest BCUT2D eigenvalue weighted by Gasteiger charge is -2.14. The molecule has 0 aliphatic carbocycles. The average molecular weight is 245 g/mol. The van der Waals surface area contributed by atoms with Crippen molar-refractivity contribution in [1.29, 1.82) is 0 Å². The molecule has 0 aromatic carbocycles. The zero-order chi connectivity index (χ0) is 12.2. The molecule has 16 heavy (non-hydrogen) atoms. The number of hydrogen-bond acceptors (Lipinski definition) is 3. The summed E-state index contributed by atoms with van der Waals surface area (Å²) < 4.78 is 30.9. The second-order valence-electron chi connectivity index (χ2n) is 4.53. The van der Waals surface area contributed by atoms with Gasteiger partial charge in [0.05, 0.1) is 18.3 Å². The Labute approximate surface area is 97.1 Å². The lowest BCUT2D eigenvalue weighted by molar-refractivity contribution is 0.542. The van der Waals surface area contributed by atoms with Crippen molar-refractivity contribution in [3.05, 3.63) is 24.2 Å². The van der Waals surface area contributed by atoms with E-state index in [1.54, 1.807) is 12.5 Å². The first-order valence-corrected chi connectivity index (χ1v) is 7.05. The largest absolute Gasteiger partial charge is 0.472 e. The fraction of sp³-hybridized carbons (Fsp3) is 0.636. The van der Waals surface area contributed by atoms with Crippen LogP contribution in [0, 0.1) is 5.92 Å². The Morgan fingerprint density at radius 2 is 2.06 bits per heavy atom. The molecule has 92 valence electrons. The molecule has 0 spiro atoms. The van der Waals surface area contributed by atoms with E-state index in [2.05, 4.69) is 4.72 Å². The van der Waals surface area contributed by atoms with Crippen LogP contribution in [-0.4, -0.2) is 20.2 Å². The number of rotatable bonds is 6. The van der Waals surface area contributed by atoms with Crippen molar-refractivity contribution in [3.63, 3.8) is 0 Å². The van der Waals surface area contributed by atoms with E-state index < -0.39 is 10.0 Å². The molecular formula is C11H19NO3S. The fourth-order valence-corrected chi connectivity index (χ4v) is 3.27. The molecule has 0 saturated heterocycles. The van der Waals surface area contributed by atoms with Crippen LogP contribution in [0.3, 0.4) is 0 Å². The third kappa shape index (κ3) is 4.81. The van der Waals surface area contributed by atoms with Gasteiger partial charge in [0.15, 0.2) is 0 Å². The second-order valence-corrected chi connectivity index (χ2v) is 6.33. The van der Waals surface area contributed by atoms with E-state index >= 15 is 0 Å². The van der Waals surface area contributed by atoms with E-state index in [1.165, 1.54) is 0 Å². The lowest BCUT2D eigenvalue weighted by Crippen LogP contribution is -2.36. The van der Waals surface area contributed by atoms with Gasteiger partial charge in [-0.15, -0.1) is 0 Å². The number of furan rings is 1. The van der Waals surface area contributed by atoms with Crippen LogP contribution < -0.4 is 4.72 Å². The van der Waals surface area contributed by atoms with E-state index in [9.17, 15) is 8.42 Å². The van der Waals surface area contributed by atoms with E-state index in [-0.39, 0.29) is 17.7 Å². The number of hydrogen-bond donors (Lipinski definition) is 1. The maximum absolute atomic E-state index is 11.6. The van der Waals surface area contributed by atoms with E-state index in [0.29, 0.717) is 6.42 Å². The Morgan fingerprint density at radius 1 is 1.38 bits per heavy atom. The van der Waals surface area contributed by atoms with Gasteiger partial charge in [0.1, 0.15) is 0 Å². The summed E-state index contributed by atoms with van der Waals surface area (Å²) in [6.45, 7) is 5.63. The summed E-state index contributed by atoms with van der Waals surface area (Å²) in [5.41, 5.74) is 1.000. The third-order valence-corrected chi connectivity index (χ3v) is 3.92. The van der Waals surface area contributed by atoms with Gasteiger partial charge in [-0.1, -0.05) is 13.8 Å². The predicted molar refractivity (Wildman–Crippen MR) is 63.6 cm³/mol. The molecule has 1 N–H and O–H groups in total. The molecule has 0 saturated carbocycles. The van der Waals surface area contributed by atoms with Crippen LogP contribution in [0.1, 0.15) is 26.3 Å². The third-order valence-electron chi connectivity index (χ3n) is 2.06. The summed E-state index contributed by atoms with van der Waals surface area (Å²) in [5, 5.41) is 0. The zero-order valence-electron chi connectivity index (χ0n) is 9.93. The molecule has 5 heteroatoms. The van der Waals surface area contributed by atoms with Crippen LogP contribution in [-0.2, 0) is 16.4 Å². The van der Waals surface area contributed by atoms with Crippen LogP contribution >= 0.6 is 0 Å². The van der Waals surface area contributed by atoms with E-state index in [0.717, 1.165) is 5.56 Å². The molecule has 0 aliphatic heterocycles. The van der Waals surface area contributed by atoms with Gasteiger partial charge in [0, 0.05) is 6.04 Å². The Bertz CT molecular complexity index is 395. The van der Waals surface area contributed by atoms with Crippen LogP contribution in [0.25, 0.3) is 0 Å². The summed E-state index contributed by atoms with van der Waals surface area (Å²) >= 11 is 0. The summed E-state index contributed by atoms with van der Waals surface area (Å²) in [6, 6.07) is 1.73. The predicted octanol–water partition coefficient (Wildman–Crippen LogP) is 1.79.